The first-order valence-electron chi connectivity index (χ1n) is 7.45. The van der Waals surface area contributed by atoms with Crippen molar-refractivity contribution < 1.29 is 28.6 Å². The van der Waals surface area contributed by atoms with E-state index >= 15 is 0 Å². The van der Waals surface area contributed by atoms with Gasteiger partial charge in [0.15, 0.2) is 5.54 Å². The second-order valence-corrected chi connectivity index (χ2v) is 5.47. The van der Waals surface area contributed by atoms with Crippen LogP contribution in [0.1, 0.15) is 15.9 Å². The van der Waals surface area contributed by atoms with Crippen molar-refractivity contribution in [2.45, 2.75) is 12.1 Å². The topological polar surface area (TPSA) is 94.2 Å². The largest absolute Gasteiger partial charge is 0.497 e. The molecule has 134 valence electrons. The maximum absolute atomic E-state index is 12.7. The number of hydrogen-bond donors (Lipinski definition) is 1. The van der Waals surface area contributed by atoms with Gasteiger partial charge in [0.2, 0.25) is 0 Å². The number of benzene rings is 1. The fraction of sp³-hybridized carbons (Fsp3) is 0.353. The van der Waals surface area contributed by atoms with Crippen molar-refractivity contribution in [1.82, 2.24) is 10.2 Å². The van der Waals surface area contributed by atoms with E-state index < -0.39 is 17.6 Å². The minimum atomic E-state index is -1.62. The smallest absolute Gasteiger partial charge is 0.408 e. The van der Waals surface area contributed by atoms with Gasteiger partial charge >= 0.3 is 12.1 Å². The van der Waals surface area contributed by atoms with E-state index in [1.165, 1.54) is 32.3 Å². The highest BCUT2D eigenvalue weighted by Crippen LogP contribution is 2.28. The Morgan fingerprint density at radius 3 is 2.60 bits per heavy atom. The molecule has 0 aliphatic carbocycles. The van der Waals surface area contributed by atoms with Crippen LogP contribution in [0.3, 0.4) is 0 Å². The molecule has 1 atom stereocenters. The molecule has 0 aromatic heterocycles. The maximum atomic E-state index is 12.7. The number of hydrogen-bond acceptors (Lipinski definition) is 6. The van der Waals surface area contributed by atoms with Gasteiger partial charge in [-0.3, -0.25) is 4.79 Å². The van der Waals surface area contributed by atoms with E-state index in [0.717, 1.165) is 5.56 Å². The number of ether oxygens (including phenoxy) is 3. The molecule has 0 spiro atoms. The zero-order chi connectivity index (χ0) is 18.6. The van der Waals surface area contributed by atoms with Crippen molar-refractivity contribution in [3.8, 4) is 5.75 Å². The van der Waals surface area contributed by atoms with Crippen molar-refractivity contribution >= 4 is 18.0 Å². The van der Waals surface area contributed by atoms with Crippen LogP contribution in [0.25, 0.3) is 0 Å². The van der Waals surface area contributed by atoms with Gasteiger partial charge in [0.05, 0.1) is 27.9 Å². The number of alkyl carbamates (subject to hydrolysis) is 1. The van der Waals surface area contributed by atoms with E-state index in [2.05, 4.69) is 16.6 Å². The monoisotopic (exact) mass is 348 g/mol. The lowest BCUT2D eigenvalue weighted by atomic mass is 9.99. The Kier molecular flexibility index (Phi) is 5.31. The summed E-state index contributed by atoms with van der Waals surface area (Å²) < 4.78 is 14.5. The van der Waals surface area contributed by atoms with E-state index in [9.17, 15) is 14.4 Å². The molecular weight excluding hydrogens is 328 g/mol. The van der Waals surface area contributed by atoms with Gasteiger partial charge < -0.3 is 24.4 Å². The highest BCUT2D eigenvalue weighted by Gasteiger charge is 2.43. The molecule has 1 aromatic carbocycles. The first-order valence-corrected chi connectivity index (χ1v) is 7.45. The Morgan fingerprint density at radius 1 is 1.32 bits per heavy atom. The molecule has 1 aliphatic heterocycles. The van der Waals surface area contributed by atoms with Crippen LogP contribution in [0, 0.1) is 0 Å². The van der Waals surface area contributed by atoms with Crippen molar-refractivity contribution in [2.24, 2.45) is 0 Å². The third-order valence-corrected chi connectivity index (χ3v) is 4.04. The summed E-state index contributed by atoms with van der Waals surface area (Å²) in [6.07, 6.45) is 0.392. The zero-order valence-corrected chi connectivity index (χ0v) is 14.3. The summed E-state index contributed by atoms with van der Waals surface area (Å²) in [7, 11) is 3.87. The molecule has 0 fully saturated rings. The van der Waals surface area contributed by atoms with Gasteiger partial charge in [-0.2, -0.15) is 0 Å². The quantitative estimate of drug-likeness (QED) is 0.611. The number of fused-ring (bicyclic) bond motifs is 1. The molecule has 0 radical (unpaired) electrons. The number of carbonyl (C=O) groups is 3. The maximum Gasteiger partial charge on any atom is 0.408 e. The standard InChI is InChI=1S/C17H20N2O6/c1-5-17(15(21)24-3,18-16(22)25-4)10-19-9-11-6-7-12(23-2)8-13(11)14(19)20/h5-8H,1,9-10H2,2-4H3,(H,18,22)/t17-/m1/s1. The highest BCUT2D eigenvalue weighted by atomic mass is 16.5. The Morgan fingerprint density at radius 2 is 2.04 bits per heavy atom. The molecule has 1 aliphatic rings. The van der Waals surface area contributed by atoms with Crippen LogP contribution in [-0.4, -0.2) is 56.3 Å². The van der Waals surface area contributed by atoms with Crippen LogP contribution in [0.5, 0.6) is 5.75 Å². The fourth-order valence-corrected chi connectivity index (χ4v) is 2.67. The summed E-state index contributed by atoms with van der Waals surface area (Å²) in [5, 5.41) is 2.41. The molecule has 25 heavy (non-hydrogen) atoms. The third-order valence-electron chi connectivity index (χ3n) is 4.04. The van der Waals surface area contributed by atoms with Gasteiger partial charge in [0.1, 0.15) is 5.75 Å². The first-order chi connectivity index (χ1) is 11.9. The van der Waals surface area contributed by atoms with Crippen LogP contribution in [0.15, 0.2) is 30.9 Å². The van der Waals surface area contributed by atoms with E-state index in [4.69, 9.17) is 9.47 Å². The lowest BCUT2D eigenvalue weighted by Gasteiger charge is -2.32. The summed E-state index contributed by atoms with van der Waals surface area (Å²) in [4.78, 5) is 38.0. The summed E-state index contributed by atoms with van der Waals surface area (Å²) in [5.41, 5.74) is -0.337. The second-order valence-electron chi connectivity index (χ2n) is 5.47. The number of rotatable bonds is 6. The van der Waals surface area contributed by atoms with Gasteiger partial charge in [-0.05, 0) is 17.7 Å². The van der Waals surface area contributed by atoms with Gasteiger partial charge in [-0.25, -0.2) is 9.59 Å². The molecule has 8 nitrogen and oxygen atoms in total. The summed E-state index contributed by atoms with van der Waals surface area (Å²) in [6, 6.07) is 5.18. The average Bonchev–Trinajstić information content (AvgIpc) is 2.94. The van der Waals surface area contributed by atoms with E-state index in [-0.39, 0.29) is 19.0 Å². The van der Waals surface area contributed by atoms with Crippen LogP contribution in [0.4, 0.5) is 4.79 Å². The van der Waals surface area contributed by atoms with Gasteiger partial charge in [-0.15, -0.1) is 6.58 Å². The summed E-state index contributed by atoms with van der Waals surface area (Å²) >= 11 is 0. The van der Waals surface area contributed by atoms with Crippen LogP contribution >= 0.6 is 0 Å². The van der Waals surface area contributed by atoms with Crippen LogP contribution in [0.2, 0.25) is 0 Å². The van der Waals surface area contributed by atoms with Gasteiger partial charge in [0.25, 0.3) is 5.91 Å². The third kappa shape index (κ3) is 3.42. The average molecular weight is 348 g/mol. The molecular formula is C17H20N2O6. The highest BCUT2D eigenvalue weighted by molar-refractivity contribution is 5.99. The lowest BCUT2D eigenvalue weighted by molar-refractivity contribution is -0.146. The van der Waals surface area contributed by atoms with Gasteiger partial charge in [-0.1, -0.05) is 12.1 Å². The Balaban J connectivity index is 2.30. The van der Waals surface area contributed by atoms with Gasteiger partial charge in [0, 0.05) is 12.1 Å². The van der Waals surface area contributed by atoms with Crippen molar-refractivity contribution in [2.75, 3.05) is 27.9 Å². The minimum absolute atomic E-state index is 0.145. The number of esters is 1. The molecule has 8 heteroatoms. The van der Waals surface area contributed by atoms with Crippen molar-refractivity contribution in [1.29, 1.82) is 0 Å². The number of nitrogens with zero attached hydrogens (tertiary/aromatic N) is 1. The summed E-state index contributed by atoms with van der Waals surface area (Å²) in [6.45, 7) is 3.74. The normalized spacial score (nSPS) is 15.0. The molecule has 2 amide bonds. The summed E-state index contributed by atoms with van der Waals surface area (Å²) in [5.74, 6) is -0.477. The first kappa shape index (κ1) is 18.3. The molecule has 1 N–H and O–H groups in total. The number of nitrogens with one attached hydrogen (secondary N) is 1. The molecule has 0 saturated heterocycles. The number of methoxy groups -OCH3 is 3. The van der Waals surface area contributed by atoms with E-state index in [1.54, 1.807) is 18.2 Å². The molecule has 1 heterocycles. The van der Waals surface area contributed by atoms with Crippen molar-refractivity contribution in [3.05, 3.63) is 42.0 Å². The predicted molar refractivity (Wildman–Crippen MR) is 88.2 cm³/mol. The Bertz CT molecular complexity index is 717. The van der Waals surface area contributed by atoms with Crippen LogP contribution < -0.4 is 10.1 Å². The van der Waals surface area contributed by atoms with E-state index in [1.807, 2.05) is 0 Å². The molecule has 0 bridgehead atoms. The zero-order valence-electron chi connectivity index (χ0n) is 14.3. The number of amides is 2. The minimum Gasteiger partial charge on any atom is -0.497 e. The Labute approximate surface area is 145 Å². The van der Waals surface area contributed by atoms with E-state index in [0.29, 0.717) is 11.3 Å². The second kappa shape index (κ2) is 7.25. The van der Waals surface area contributed by atoms with Crippen LogP contribution in [-0.2, 0) is 20.8 Å². The Hall–Kier alpha value is -3.03. The predicted octanol–water partition coefficient (Wildman–Crippen LogP) is 1.10. The lowest BCUT2D eigenvalue weighted by Crippen LogP contribution is -2.60. The molecule has 0 unspecified atom stereocenters. The molecule has 0 saturated carbocycles. The molecule has 2 rings (SSSR count). The van der Waals surface area contributed by atoms with Crippen molar-refractivity contribution in [3.63, 3.8) is 0 Å². The fourth-order valence-electron chi connectivity index (χ4n) is 2.67. The number of carbonyl (C=O) groups excluding carboxylic acids is 3. The molecule has 1 aromatic rings. The SMILES string of the molecule is C=C[C@](CN1Cc2ccc(OC)cc2C1=O)(NC(=O)OC)C(=O)OC.